The van der Waals surface area contributed by atoms with Gasteiger partial charge in [-0.25, -0.2) is 0 Å². The molecule has 162 valence electrons. The van der Waals surface area contributed by atoms with Gasteiger partial charge in [0.1, 0.15) is 13.2 Å². The summed E-state index contributed by atoms with van der Waals surface area (Å²) in [4.78, 5) is 4.45. The smallest absolute Gasteiger partial charge is 0.191 e. The van der Waals surface area contributed by atoms with Crippen LogP contribution in [0.4, 0.5) is 0 Å². The van der Waals surface area contributed by atoms with Gasteiger partial charge in [-0.05, 0) is 44.4 Å². The first-order valence-corrected chi connectivity index (χ1v) is 10.9. The van der Waals surface area contributed by atoms with Gasteiger partial charge < -0.3 is 20.1 Å². The van der Waals surface area contributed by atoms with Crippen molar-refractivity contribution in [2.24, 2.45) is 12.0 Å². The second kappa shape index (κ2) is 8.58. The van der Waals surface area contributed by atoms with Crippen molar-refractivity contribution < 1.29 is 9.47 Å². The molecule has 2 heterocycles. The first-order chi connectivity index (χ1) is 14.5. The molecular formula is C23H33N5O2. The summed E-state index contributed by atoms with van der Waals surface area (Å²) in [5.41, 5.74) is 4.88. The van der Waals surface area contributed by atoms with Gasteiger partial charge in [0, 0.05) is 43.9 Å². The minimum absolute atomic E-state index is 0.0909. The van der Waals surface area contributed by atoms with Crippen LogP contribution >= 0.6 is 0 Å². The van der Waals surface area contributed by atoms with E-state index >= 15 is 0 Å². The number of nitrogens with zero attached hydrogens (tertiary/aromatic N) is 3. The SMILES string of the molecule is CN=C(NCc1c(C)nn(C)c1C)NCC1(c2ccc3c(c2)OCCO3)CCCC1. The van der Waals surface area contributed by atoms with Crippen LogP contribution in [0.25, 0.3) is 0 Å². The Morgan fingerprint density at radius 2 is 1.87 bits per heavy atom. The first kappa shape index (κ1) is 20.6. The fourth-order valence-corrected chi connectivity index (χ4v) is 4.71. The molecule has 0 unspecified atom stereocenters. The average Bonchev–Trinajstić information content (AvgIpc) is 3.34. The Balaban J connectivity index is 1.45. The summed E-state index contributed by atoms with van der Waals surface area (Å²) in [5.74, 6) is 2.54. The van der Waals surface area contributed by atoms with Crippen LogP contribution in [0.3, 0.4) is 0 Å². The van der Waals surface area contributed by atoms with Crippen molar-refractivity contribution in [2.45, 2.75) is 51.5 Å². The highest BCUT2D eigenvalue weighted by Gasteiger charge is 2.36. The number of benzene rings is 1. The maximum absolute atomic E-state index is 5.84. The Bertz CT molecular complexity index is 928. The van der Waals surface area contributed by atoms with Gasteiger partial charge in [0.15, 0.2) is 17.5 Å². The molecular weight excluding hydrogens is 378 g/mol. The van der Waals surface area contributed by atoms with E-state index < -0.39 is 0 Å². The largest absolute Gasteiger partial charge is 0.486 e. The van der Waals surface area contributed by atoms with Crippen LogP contribution in [-0.2, 0) is 19.0 Å². The zero-order chi connectivity index (χ0) is 21.1. The molecule has 1 aromatic carbocycles. The molecule has 1 fully saturated rings. The Kier molecular flexibility index (Phi) is 5.88. The monoisotopic (exact) mass is 411 g/mol. The van der Waals surface area contributed by atoms with Crippen molar-refractivity contribution >= 4 is 5.96 Å². The lowest BCUT2D eigenvalue weighted by Gasteiger charge is -2.32. The van der Waals surface area contributed by atoms with Crippen molar-refractivity contribution in [3.8, 4) is 11.5 Å². The second-order valence-electron chi connectivity index (χ2n) is 8.40. The predicted molar refractivity (Wildman–Crippen MR) is 118 cm³/mol. The topological polar surface area (TPSA) is 72.7 Å². The zero-order valence-corrected chi connectivity index (χ0v) is 18.5. The van der Waals surface area contributed by atoms with Crippen molar-refractivity contribution in [2.75, 3.05) is 26.8 Å². The molecule has 0 amide bonds. The lowest BCUT2D eigenvalue weighted by atomic mass is 9.78. The zero-order valence-electron chi connectivity index (χ0n) is 18.5. The average molecular weight is 412 g/mol. The van der Waals surface area contributed by atoms with Crippen LogP contribution < -0.4 is 20.1 Å². The molecule has 0 radical (unpaired) electrons. The Morgan fingerprint density at radius 1 is 1.13 bits per heavy atom. The van der Waals surface area contributed by atoms with Crippen LogP contribution in [0.5, 0.6) is 11.5 Å². The number of aryl methyl sites for hydroxylation is 2. The number of hydrogen-bond donors (Lipinski definition) is 2. The minimum atomic E-state index is 0.0909. The predicted octanol–water partition coefficient (Wildman–Crippen LogP) is 2.99. The normalized spacial score (nSPS) is 17.8. The highest BCUT2D eigenvalue weighted by atomic mass is 16.6. The van der Waals surface area contributed by atoms with E-state index in [2.05, 4.69) is 52.8 Å². The summed E-state index contributed by atoms with van der Waals surface area (Å²) in [5, 5.41) is 11.6. The van der Waals surface area contributed by atoms with Crippen LogP contribution in [0.2, 0.25) is 0 Å². The number of nitrogens with one attached hydrogen (secondary N) is 2. The lowest BCUT2D eigenvalue weighted by molar-refractivity contribution is 0.171. The first-order valence-electron chi connectivity index (χ1n) is 10.9. The van der Waals surface area contributed by atoms with E-state index in [0.29, 0.717) is 19.8 Å². The van der Waals surface area contributed by atoms with Gasteiger partial charge in [0.05, 0.1) is 5.69 Å². The molecule has 30 heavy (non-hydrogen) atoms. The maximum Gasteiger partial charge on any atom is 0.191 e. The van der Waals surface area contributed by atoms with E-state index in [-0.39, 0.29) is 5.41 Å². The van der Waals surface area contributed by atoms with Gasteiger partial charge in [-0.1, -0.05) is 18.9 Å². The van der Waals surface area contributed by atoms with Crippen molar-refractivity contribution in [3.05, 3.63) is 40.7 Å². The Hall–Kier alpha value is -2.70. The van der Waals surface area contributed by atoms with Gasteiger partial charge in [0.2, 0.25) is 0 Å². The third-order valence-electron chi connectivity index (χ3n) is 6.62. The van der Waals surface area contributed by atoms with E-state index in [9.17, 15) is 0 Å². The number of hydrogen-bond acceptors (Lipinski definition) is 4. The number of aliphatic imine (C=N–C) groups is 1. The molecule has 0 saturated heterocycles. The lowest BCUT2D eigenvalue weighted by Crippen LogP contribution is -2.44. The molecule has 2 aliphatic rings. The minimum Gasteiger partial charge on any atom is -0.486 e. The molecule has 1 aromatic heterocycles. The highest BCUT2D eigenvalue weighted by molar-refractivity contribution is 5.79. The maximum atomic E-state index is 5.84. The highest BCUT2D eigenvalue weighted by Crippen LogP contribution is 2.43. The molecule has 1 aliphatic carbocycles. The van der Waals surface area contributed by atoms with Crippen LogP contribution in [0.1, 0.15) is 48.2 Å². The summed E-state index contributed by atoms with van der Waals surface area (Å²) in [7, 11) is 3.81. The molecule has 7 heteroatoms. The van der Waals surface area contributed by atoms with E-state index in [1.165, 1.54) is 29.7 Å². The number of aromatic nitrogens is 2. The van der Waals surface area contributed by atoms with Crippen molar-refractivity contribution in [1.29, 1.82) is 0 Å². The quantitative estimate of drug-likeness (QED) is 0.585. The summed E-state index contributed by atoms with van der Waals surface area (Å²) in [6.07, 6.45) is 4.82. The molecule has 7 nitrogen and oxygen atoms in total. The van der Waals surface area contributed by atoms with E-state index in [1.54, 1.807) is 0 Å². The van der Waals surface area contributed by atoms with E-state index in [1.807, 2.05) is 18.8 Å². The van der Waals surface area contributed by atoms with Crippen LogP contribution in [0, 0.1) is 13.8 Å². The standard InChI is InChI=1S/C23H33N5O2/c1-16-19(17(2)28(4)27-16)14-25-22(24-3)26-15-23(9-5-6-10-23)18-7-8-20-21(13-18)30-12-11-29-20/h7-8,13H,5-6,9-12,14-15H2,1-4H3,(H2,24,25,26). The van der Waals surface area contributed by atoms with E-state index in [4.69, 9.17) is 9.47 Å². The summed E-state index contributed by atoms with van der Waals surface area (Å²) < 4.78 is 13.5. The number of fused-ring (bicyclic) bond motifs is 1. The van der Waals surface area contributed by atoms with Crippen molar-refractivity contribution in [1.82, 2.24) is 20.4 Å². The molecule has 2 N–H and O–H groups in total. The number of ether oxygens (including phenoxy) is 2. The van der Waals surface area contributed by atoms with Gasteiger partial charge in [-0.3, -0.25) is 9.67 Å². The van der Waals surface area contributed by atoms with Gasteiger partial charge in [0.25, 0.3) is 0 Å². The van der Waals surface area contributed by atoms with Crippen LogP contribution in [0.15, 0.2) is 23.2 Å². The summed E-state index contributed by atoms with van der Waals surface area (Å²) in [6, 6.07) is 6.45. The molecule has 1 saturated carbocycles. The van der Waals surface area contributed by atoms with E-state index in [0.717, 1.165) is 42.5 Å². The molecule has 0 atom stereocenters. The Morgan fingerprint density at radius 3 is 2.53 bits per heavy atom. The molecule has 0 spiro atoms. The number of rotatable bonds is 5. The number of guanidine groups is 1. The van der Waals surface area contributed by atoms with Gasteiger partial charge >= 0.3 is 0 Å². The third-order valence-corrected chi connectivity index (χ3v) is 6.62. The summed E-state index contributed by atoms with van der Waals surface area (Å²) in [6.45, 7) is 6.94. The molecule has 2 aromatic rings. The fraction of sp³-hybridized carbons (Fsp3) is 0.565. The Labute approximate surface area is 178 Å². The second-order valence-corrected chi connectivity index (χ2v) is 8.40. The fourth-order valence-electron chi connectivity index (χ4n) is 4.71. The molecule has 0 bridgehead atoms. The third kappa shape index (κ3) is 3.98. The van der Waals surface area contributed by atoms with Crippen LogP contribution in [-0.4, -0.2) is 42.5 Å². The van der Waals surface area contributed by atoms with Gasteiger partial charge in [-0.2, -0.15) is 5.10 Å². The molecule has 1 aliphatic heterocycles. The molecule has 4 rings (SSSR count). The summed E-state index contributed by atoms with van der Waals surface area (Å²) >= 11 is 0. The van der Waals surface area contributed by atoms with Crippen molar-refractivity contribution in [3.63, 3.8) is 0 Å². The van der Waals surface area contributed by atoms with Gasteiger partial charge in [-0.15, -0.1) is 0 Å².